The highest BCUT2D eigenvalue weighted by Gasteiger charge is 2.29. The topological polar surface area (TPSA) is 88.3 Å². The van der Waals surface area contributed by atoms with Crippen LogP contribution in [0.15, 0.2) is 53.3 Å². The number of hydrogen-bond acceptors (Lipinski definition) is 4. The Morgan fingerprint density at radius 2 is 1.77 bits per heavy atom. The van der Waals surface area contributed by atoms with E-state index in [2.05, 4.69) is 10.3 Å². The molecule has 0 spiro atoms. The van der Waals surface area contributed by atoms with Crippen LogP contribution in [0.1, 0.15) is 55.4 Å². The number of pyridine rings is 1. The second-order valence-electron chi connectivity index (χ2n) is 7.98. The number of aromatic amines is 1. The van der Waals surface area contributed by atoms with Crippen molar-refractivity contribution in [2.24, 2.45) is 0 Å². The van der Waals surface area contributed by atoms with Crippen molar-refractivity contribution in [1.29, 1.82) is 0 Å². The van der Waals surface area contributed by atoms with E-state index in [1.54, 1.807) is 13.2 Å². The van der Waals surface area contributed by atoms with Crippen molar-refractivity contribution < 1.29 is 14.3 Å². The van der Waals surface area contributed by atoms with Crippen LogP contribution in [-0.4, -0.2) is 23.8 Å². The standard InChI is InChI=1S/C25H24N2O4/c1-14-4-9-21(15(2)10-14)26-24(29)20-13-19-22(27-25(20)30)11-17(12-23(19)28)16-5-7-18(31-3)8-6-16/h4-10,13,17H,11-12H2,1-3H3,(H,26,29)(H,27,30)/t17-/m0/s1. The molecule has 0 saturated heterocycles. The van der Waals surface area contributed by atoms with Crippen LogP contribution in [0.2, 0.25) is 0 Å². The summed E-state index contributed by atoms with van der Waals surface area (Å²) >= 11 is 0. The third-order valence-corrected chi connectivity index (χ3v) is 5.77. The van der Waals surface area contributed by atoms with Gasteiger partial charge < -0.3 is 15.0 Å². The number of rotatable bonds is 4. The van der Waals surface area contributed by atoms with Gasteiger partial charge in [0, 0.05) is 23.4 Å². The van der Waals surface area contributed by atoms with Crippen molar-refractivity contribution in [3.63, 3.8) is 0 Å². The number of fused-ring (bicyclic) bond motifs is 1. The third kappa shape index (κ3) is 4.14. The number of Topliss-reactive ketones (excluding diaryl/α,β-unsaturated/α-hetero) is 1. The predicted octanol–water partition coefficient (Wildman–Crippen LogP) is 4.17. The lowest BCUT2D eigenvalue weighted by molar-refractivity contribution is 0.0963. The van der Waals surface area contributed by atoms with Gasteiger partial charge in [-0.05, 0) is 61.6 Å². The molecule has 2 aromatic carbocycles. The predicted molar refractivity (Wildman–Crippen MR) is 119 cm³/mol. The van der Waals surface area contributed by atoms with E-state index in [0.717, 1.165) is 22.4 Å². The number of ether oxygens (including phenoxy) is 1. The summed E-state index contributed by atoms with van der Waals surface area (Å²) in [6.45, 7) is 3.86. The van der Waals surface area contributed by atoms with Gasteiger partial charge in [-0.3, -0.25) is 14.4 Å². The molecule has 1 aliphatic rings. The smallest absolute Gasteiger partial charge is 0.261 e. The first-order valence-corrected chi connectivity index (χ1v) is 10.2. The minimum absolute atomic E-state index is 0.0311. The Morgan fingerprint density at radius 1 is 1.03 bits per heavy atom. The number of hydrogen-bond donors (Lipinski definition) is 2. The van der Waals surface area contributed by atoms with E-state index in [-0.39, 0.29) is 17.3 Å². The van der Waals surface area contributed by atoms with Crippen molar-refractivity contribution in [3.05, 3.63) is 92.4 Å². The van der Waals surface area contributed by atoms with Crippen molar-refractivity contribution in [2.45, 2.75) is 32.6 Å². The molecule has 158 valence electrons. The first kappa shape index (κ1) is 20.6. The normalized spacial score (nSPS) is 15.3. The Kier molecular flexibility index (Phi) is 5.46. The summed E-state index contributed by atoms with van der Waals surface area (Å²) in [4.78, 5) is 41.0. The number of carbonyl (C=O) groups excluding carboxylic acids is 2. The van der Waals surface area contributed by atoms with Crippen molar-refractivity contribution in [1.82, 2.24) is 4.98 Å². The van der Waals surface area contributed by atoms with Crippen LogP contribution >= 0.6 is 0 Å². The minimum atomic E-state index is -0.527. The van der Waals surface area contributed by atoms with Gasteiger partial charge in [0.2, 0.25) is 0 Å². The lowest BCUT2D eigenvalue weighted by atomic mass is 9.81. The van der Waals surface area contributed by atoms with E-state index >= 15 is 0 Å². The number of carbonyl (C=O) groups is 2. The third-order valence-electron chi connectivity index (χ3n) is 5.77. The largest absolute Gasteiger partial charge is 0.497 e. The molecule has 6 nitrogen and oxygen atoms in total. The fraction of sp³-hybridized carbons (Fsp3) is 0.240. The molecule has 1 heterocycles. The molecule has 0 aliphatic heterocycles. The van der Waals surface area contributed by atoms with Gasteiger partial charge in [0.05, 0.1) is 7.11 Å². The van der Waals surface area contributed by atoms with E-state index in [1.165, 1.54) is 6.07 Å². The molecule has 4 rings (SSSR count). The Labute approximate surface area is 180 Å². The highest BCUT2D eigenvalue weighted by Crippen LogP contribution is 2.32. The van der Waals surface area contributed by atoms with Crippen LogP contribution < -0.4 is 15.6 Å². The van der Waals surface area contributed by atoms with E-state index in [1.807, 2.05) is 50.2 Å². The maximum atomic E-state index is 12.8. The molecule has 31 heavy (non-hydrogen) atoms. The van der Waals surface area contributed by atoms with Gasteiger partial charge in [-0.1, -0.05) is 29.8 Å². The zero-order chi connectivity index (χ0) is 22.1. The van der Waals surface area contributed by atoms with Crippen LogP contribution in [0.3, 0.4) is 0 Å². The Balaban J connectivity index is 1.60. The number of H-pyrrole nitrogens is 1. The van der Waals surface area contributed by atoms with Crippen molar-refractivity contribution in [3.8, 4) is 5.75 Å². The number of methoxy groups -OCH3 is 1. The monoisotopic (exact) mass is 416 g/mol. The number of benzene rings is 2. The zero-order valence-electron chi connectivity index (χ0n) is 17.7. The van der Waals surface area contributed by atoms with Crippen LogP contribution in [0.25, 0.3) is 0 Å². The molecule has 1 aromatic heterocycles. The van der Waals surface area contributed by atoms with E-state index in [4.69, 9.17) is 4.74 Å². The highest BCUT2D eigenvalue weighted by atomic mass is 16.5. The molecule has 3 aromatic rings. The second kappa shape index (κ2) is 8.22. The Hall–Kier alpha value is -3.67. The van der Waals surface area contributed by atoms with Gasteiger partial charge in [-0.2, -0.15) is 0 Å². The van der Waals surface area contributed by atoms with Crippen LogP contribution in [-0.2, 0) is 6.42 Å². The number of nitrogens with one attached hydrogen (secondary N) is 2. The number of aromatic nitrogens is 1. The fourth-order valence-corrected chi connectivity index (χ4v) is 4.05. The molecule has 0 unspecified atom stereocenters. The fourth-order valence-electron chi connectivity index (χ4n) is 4.05. The lowest BCUT2D eigenvalue weighted by Crippen LogP contribution is -2.29. The summed E-state index contributed by atoms with van der Waals surface area (Å²) in [5.41, 5.74) is 4.07. The van der Waals surface area contributed by atoms with Gasteiger partial charge in [0.25, 0.3) is 11.5 Å². The molecule has 0 saturated carbocycles. The molecule has 0 bridgehead atoms. The van der Waals surface area contributed by atoms with Gasteiger partial charge in [0.1, 0.15) is 11.3 Å². The Morgan fingerprint density at radius 3 is 2.45 bits per heavy atom. The molecule has 2 N–H and O–H groups in total. The maximum absolute atomic E-state index is 12.8. The summed E-state index contributed by atoms with van der Waals surface area (Å²) in [6.07, 6.45) is 0.852. The van der Waals surface area contributed by atoms with Crippen LogP contribution in [0, 0.1) is 13.8 Å². The molecule has 0 fully saturated rings. The molecular formula is C25H24N2O4. The summed E-state index contributed by atoms with van der Waals surface area (Å²) in [6, 6.07) is 14.7. The van der Waals surface area contributed by atoms with Gasteiger partial charge in [-0.15, -0.1) is 0 Å². The van der Waals surface area contributed by atoms with Gasteiger partial charge in [-0.25, -0.2) is 0 Å². The average Bonchev–Trinajstić information content (AvgIpc) is 2.75. The molecule has 0 radical (unpaired) electrons. The number of aryl methyl sites for hydroxylation is 2. The van der Waals surface area contributed by atoms with Crippen molar-refractivity contribution in [2.75, 3.05) is 12.4 Å². The maximum Gasteiger partial charge on any atom is 0.261 e. The Bertz CT molecular complexity index is 1230. The van der Waals surface area contributed by atoms with E-state index < -0.39 is 11.5 Å². The average molecular weight is 416 g/mol. The van der Waals surface area contributed by atoms with Crippen molar-refractivity contribution >= 4 is 17.4 Å². The first-order valence-electron chi connectivity index (χ1n) is 10.2. The summed E-state index contributed by atoms with van der Waals surface area (Å²) in [5.74, 6) is 0.107. The summed E-state index contributed by atoms with van der Waals surface area (Å²) in [5, 5.41) is 2.78. The van der Waals surface area contributed by atoms with Crippen LogP contribution in [0.5, 0.6) is 5.75 Å². The number of amides is 1. The highest BCUT2D eigenvalue weighted by molar-refractivity contribution is 6.07. The molecular weight excluding hydrogens is 392 g/mol. The van der Waals surface area contributed by atoms with Crippen LogP contribution in [0.4, 0.5) is 5.69 Å². The molecule has 6 heteroatoms. The quantitative estimate of drug-likeness (QED) is 0.668. The zero-order valence-corrected chi connectivity index (χ0v) is 17.7. The lowest BCUT2D eigenvalue weighted by Gasteiger charge is -2.24. The minimum Gasteiger partial charge on any atom is -0.497 e. The number of anilines is 1. The molecule has 1 aliphatic carbocycles. The second-order valence-corrected chi connectivity index (χ2v) is 7.98. The number of ketones is 1. The van der Waals surface area contributed by atoms with E-state index in [0.29, 0.717) is 29.8 Å². The summed E-state index contributed by atoms with van der Waals surface area (Å²) < 4.78 is 5.19. The molecule has 1 atom stereocenters. The SMILES string of the molecule is COc1ccc([C@@H]2CC(=O)c3cc(C(=O)Nc4ccc(C)cc4C)c(=O)[nH]c3C2)cc1. The summed E-state index contributed by atoms with van der Waals surface area (Å²) in [7, 11) is 1.61. The molecule has 1 amide bonds. The van der Waals surface area contributed by atoms with E-state index in [9.17, 15) is 14.4 Å². The van der Waals surface area contributed by atoms with Gasteiger partial charge in [0.15, 0.2) is 5.78 Å². The van der Waals surface area contributed by atoms with Gasteiger partial charge >= 0.3 is 0 Å². The first-order chi connectivity index (χ1) is 14.9.